The van der Waals surface area contributed by atoms with E-state index in [0.29, 0.717) is 12.8 Å². The Balaban J connectivity index is 2.50. The van der Waals surface area contributed by atoms with Gasteiger partial charge in [-0.2, -0.15) is 0 Å². The lowest BCUT2D eigenvalue weighted by molar-refractivity contribution is -0.264. The van der Waals surface area contributed by atoms with Crippen molar-refractivity contribution in [1.29, 1.82) is 0 Å². The number of esters is 1. The lowest BCUT2D eigenvalue weighted by atomic mass is 9.96. The molecule has 1 aliphatic heterocycles. The quantitative estimate of drug-likeness (QED) is 0.0778. The number of carbonyl (C=O) groups is 3. The van der Waals surface area contributed by atoms with Crippen molar-refractivity contribution in [2.75, 3.05) is 6.61 Å². The largest absolute Gasteiger partial charge is 0.432 e. The zero-order chi connectivity index (χ0) is 30.6. The Bertz CT molecular complexity index is 775. The first kappa shape index (κ1) is 37.0. The lowest BCUT2D eigenvalue weighted by Crippen LogP contribution is -2.65. The Morgan fingerprint density at radius 1 is 0.829 bits per heavy atom. The van der Waals surface area contributed by atoms with Gasteiger partial charge in [-0.3, -0.25) is 9.59 Å². The number of allylic oxidation sites excluding steroid dienone is 2. The molecule has 5 N–H and O–H groups in total. The minimum absolute atomic E-state index is 0.171. The smallest absolute Gasteiger partial charge is 0.331 e. The van der Waals surface area contributed by atoms with Crippen LogP contribution in [0.25, 0.3) is 0 Å². The highest BCUT2D eigenvalue weighted by Crippen LogP contribution is 2.23. The van der Waals surface area contributed by atoms with Crippen LogP contribution in [0.15, 0.2) is 12.2 Å². The molecule has 0 aromatic heterocycles. The maximum atomic E-state index is 13.1. The third kappa shape index (κ3) is 14.6. The van der Waals surface area contributed by atoms with Crippen molar-refractivity contribution in [2.45, 2.75) is 154 Å². The maximum Gasteiger partial charge on any atom is 0.331 e. The number of nitrogens with one attached hydrogen (secondary N) is 2. The molecule has 1 heterocycles. The van der Waals surface area contributed by atoms with Crippen molar-refractivity contribution in [2.24, 2.45) is 5.92 Å². The molecule has 1 aliphatic rings. The number of aliphatic hydroxyl groups excluding tert-OH is 3. The Hall–Kier alpha value is -2.01. The zero-order valence-corrected chi connectivity index (χ0v) is 25.7. The summed E-state index contributed by atoms with van der Waals surface area (Å²) in [5.41, 5.74) is 0. The van der Waals surface area contributed by atoms with Crippen LogP contribution < -0.4 is 10.6 Å². The lowest BCUT2D eigenvalue weighted by Gasteiger charge is -2.42. The van der Waals surface area contributed by atoms with Crippen LogP contribution >= 0.6 is 0 Å². The van der Waals surface area contributed by atoms with Crippen LogP contribution in [0.3, 0.4) is 0 Å². The highest BCUT2D eigenvalue weighted by Gasteiger charge is 2.47. The van der Waals surface area contributed by atoms with Crippen LogP contribution in [-0.4, -0.2) is 76.4 Å². The Morgan fingerprint density at radius 2 is 1.44 bits per heavy atom. The summed E-state index contributed by atoms with van der Waals surface area (Å²) in [5.74, 6) is -1.75. The van der Waals surface area contributed by atoms with E-state index in [9.17, 15) is 29.7 Å². The monoisotopic (exact) mass is 584 g/mol. The fourth-order valence-corrected chi connectivity index (χ4v) is 4.76. The summed E-state index contributed by atoms with van der Waals surface area (Å²) in [5, 5.41) is 35.6. The predicted molar refractivity (Wildman–Crippen MR) is 158 cm³/mol. The van der Waals surface area contributed by atoms with Crippen molar-refractivity contribution >= 4 is 17.8 Å². The van der Waals surface area contributed by atoms with Gasteiger partial charge in [-0.15, -0.1) is 0 Å². The summed E-state index contributed by atoms with van der Waals surface area (Å²) in [6, 6.07) is -2.20. The van der Waals surface area contributed by atoms with E-state index in [1.165, 1.54) is 25.7 Å². The van der Waals surface area contributed by atoms with Gasteiger partial charge in [0.1, 0.15) is 30.4 Å². The van der Waals surface area contributed by atoms with E-state index in [0.717, 1.165) is 44.9 Å². The van der Waals surface area contributed by atoms with E-state index in [1.54, 1.807) is 13.8 Å². The summed E-state index contributed by atoms with van der Waals surface area (Å²) in [6.07, 6.45) is 12.3. The summed E-state index contributed by atoms with van der Waals surface area (Å²) in [6.45, 7) is 6.94. The minimum Gasteiger partial charge on any atom is -0.432 e. The van der Waals surface area contributed by atoms with E-state index >= 15 is 0 Å². The van der Waals surface area contributed by atoms with Gasteiger partial charge in [-0.25, -0.2) is 4.79 Å². The van der Waals surface area contributed by atoms with E-state index in [-0.39, 0.29) is 18.2 Å². The molecule has 0 spiro atoms. The van der Waals surface area contributed by atoms with Gasteiger partial charge in [0.25, 0.3) is 0 Å². The fraction of sp³-hybridized carbons (Fsp3) is 0.839. The van der Waals surface area contributed by atoms with E-state index in [1.807, 2.05) is 6.92 Å². The van der Waals surface area contributed by atoms with Gasteiger partial charge in [-0.1, -0.05) is 78.4 Å². The van der Waals surface area contributed by atoms with Crippen LogP contribution in [0.2, 0.25) is 0 Å². The predicted octanol–water partition coefficient (Wildman–Crippen LogP) is 3.65. The number of unbranched alkanes of at least 4 members (excludes halogenated alkanes) is 9. The molecule has 1 fully saturated rings. The number of amides is 2. The van der Waals surface area contributed by atoms with Crippen molar-refractivity contribution < 1.29 is 39.2 Å². The summed E-state index contributed by atoms with van der Waals surface area (Å²) < 4.78 is 11.0. The topological polar surface area (TPSA) is 154 Å². The average molecular weight is 585 g/mol. The summed E-state index contributed by atoms with van der Waals surface area (Å²) in [4.78, 5) is 37.9. The van der Waals surface area contributed by atoms with Gasteiger partial charge in [0.2, 0.25) is 18.1 Å². The molecule has 1 rings (SSSR count). The Labute approximate surface area is 246 Å². The number of carbonyl (C=O) groups excluding carboxylic acids is 3. The molecule has 0 aromatic rings. The Morgan fingerprint density at radius 3 is 2.02 bits per heavy atom. The molecule has 10 heteroatoms. The third-order valence-electron chi connectivity index (χ3n) is 7.32. The van der Waals surface area contributed by atoms with Gasteiger partial charge in [0, 0.05) is 12.8 Å². The van der Waals surface area contributed by atoms with Crippen molar-refractivity contribution in [1.82, 2.24) is 10.6 Å². The number of hydrogen-bond acceptors (Lipinski definition) is 8. The highest BCUT2D eigenvalue weighted by atomic mass is 16.7. The van der Waals surface area contributed by atoms with E-state index in [4.69, 9.17) is 9.47 Å². The van der Waals surface area contributed by atoms with Crippen LogP contribution in [0, 0.1) is 5.92 Å². The number of ether oxygens (including phenoxy) is 2. The van der Waals surface area contributed by atoms with Gasteiger partial charge in [0.05, 0.1) is 6.61 Å². The molecule has 0 saturated carbocycles. The molecule has 238 valence electrons. The van der Waals surface area contributed by atoms with Crippen molar-refractivity contribution in [3.63, 3.8) is 0 Å². The standard InChI is InChI=1S/C31H56N2O8/c1-5-7-8-9-10-11-12-13-14-15-16-17-18-20-25(36)32-26(22(3)4)30(39)41-31-27(33-24(35)19-6-2)29(38)28(37)23(21-34)40-31/h11-12,22-23,26-29,31,34,37-38H,5-10,13-21H2,1-4H3,(H,32,36)(H,33,35)/b12-11-/t23-,26?,27-,28-,29-,31-/m1/s1. The molecule has 0 radical (unpaired) electrons. The molecule has 10 nitrogen and oxygen atoms in total. The number of hydrogen-bond donors (Lipinski definition) is 5. The van der Waals surface area contributed by atoms with E-state index < -0.39 is 55.2 Å². The molecule has 6 atom stereocenters. The third-order valence-corrected chi connectivity index (χ3v) is 7.32. The normalized spacial score (nSPS) is 23.5. The van der Waals surface area contributed by atoms with Gasteiger partial charge >= 0.3 is 5.97 Å². The highest BCUT2D eigenvalue weighted by molar-refractivity contribution is 5.84. The maximum absolute atomic E-state index is 13.1. The SMILES string of the molecule is CCCCCC/C=C\CCCCCCCC(=O)NC(C(=O)O[C@H]1O[C@H](CO)[C@@H](O)[C@H](O)[C@H]1NC(=O)CCC)C(C)C. The zero-order valence-electron chi connectivity index (χ0n) is 25.7. The summed E-state index contributed by atoms with van der Waals surface area (Å²) >= 11 is 0. The molecule has 0 bridgehead atoms. The molecule has 1 saturated heterocycles. The number of rotatable bonds is 21. The second-order valence-electron chi connectivity index (χ2n) is 11.4. The van der Waals surface area contributed by atoms with Gasteiger partial charge < -0.3 is 35.4 Å². The molecular formula is C31H56N2O8. The first-order valence-electron chi connectivity index (χ1n) is 15.7. The van der Waals surface area contributed by atoms with Crippen LogP contribution in [0.1, 0.15) is 118 Å². The first-order chi connectivity index (χ1) is 19.7. The second kappa shape index (κ2) is 21.7. The molecular weight excluding hydrogens is 528 g/mol. The van der Waals surface area contributed by atoms with Crippen LogP contribution in [0.4, 0.5) is 0 Å². The fourth-order valence-electron chi connectivity index (χ4n) is 4.76. The molecule has 1 unspecified atom stereocenters. The average Bonchev–Trinajstić information content (AvgIpc) is 2.93. The van der Waals surface area contributed by atoms with Crippen molar-refractivity contribution in [3.8, 4) is 0 Å². The molecule has 2 amide bonds. The Kier molecular flexibility index (Phi) is 19.6. The summed E-state index contributed by atoms with van der Waals surface area (Å²) in [7, 11) is 0. The van der Waals surface area contributed by atoms with Gasteiger partial charge in [-0.05, 0) is 44.4 Å². The number of aliphatic hydroxyl groups is 3. The second-order valence-corrected chi connectivity index (χ2v) is 11.4. The van der Waals surface area contributed by atoms with Gasteiger partial charge in [0.15, 0.2) is 0 Å². The minimum atomic E-state index is -1.53. The molecule has 41 heavy (non-hydrogen) atoms. The van der Waals surface area contributed by atoms with E-state index in [2.05, 4.69) is 29.7 Å². The molecule has 0 aliphatic carbocycles. The molecule has 0 aromatic carbocycles. The van der Waals surface area contributed by atoms with Crippen LogP contribution in [0.5, 0.6) is 0 Å². The van der Waals surface area contributed by atoms with Crippen molar-refractivity contribution in [3.05, 3.63) is 12.2 Å². The van der Waals surface area contributed by atoms with Crippen LogP contribution in [-0.2, 0) is 23.9 Å². The first-order valence-corrected chi connectivity index (χ1v) is 15.7.